The molecule has 0 unspecified atom stereocenters. The van der Waals surface area contributed by atoms with Crippen LogP contribution in [0.15, 0.2) is 23.0 Å². The summed E-state index contributed by atoms with van der Waals surface area (Å²) in [6.45, 7) is 6.41. The Bertz CT molecular complexity index is 383. The summed E-state index contributed by atoms with van der Waals surface area (Å²) >= 11 is 0. The van der Waals surface area contributed by atoms with E-state index in [1.165, 1.54) is 12.5 Å². The second-order valence-corrected chi connectivity index (χ2v) is 5.24. The van der Waals surface area contributed by atoms with Crippen molar-refractivity contribution in [2.24, 2.45) is 0 Å². The number of amides is 1. The first kappa shape index (κ1) is 14.1. The first-order chi connectivity index (χ1) is 9.16. The zero-order valence-corrected chi connectivity index (χ0v) is 11.8. The Balaban J connectivity index is 1.66. The standard InChI is InChI=1S/C14H23N3O2/c1-15-7-9-17(10-8-15)6-3-5-16(2)14(18)13-4-11-19-12-13/h4,11-12H,3,5-10H2,1-2H3. The summed E-state index contributed by atoms with van der Waals surface area (Å²) in [5.41, 5.74) is 0.627. The minimum Gasteiger partial charge on any atom is -0.472 e. The molecule has 1 aromatic heterocycles. The van der Waals surface area contributed by atoms with E-state index >= 15 is 0 Å². The number of hydrogen-bond acceptors (Lipinski definition) is 4. The monoisotopic (exact) mass is 265 g/mol. The van der Waals surface area contributed by atoms with E-state index in [9.17, 15) is 4.79 Å². The summed E-state index contributed by atoms with van der Waals surface area (Å²) in [5, 5.41) is 0. The van der Waals surface area contributed by atoms with Crippen molar-refractivity contribution in [1.82, 2.24) is 14.7 Å². The van der Waals surface area contributed by atoms with Crippen LogP contribution in [-0.2, 0) is 0 Å². The van der Waals surface area contributed by atoms with Crippen molar-refractivity contribution in [2.45, 2.75) is 6.42 Å². The van der Waals surface area contributed by atoms with Gasteiger partial charge in [-0.05, 0) is 26.1 Å². The molecular weight excluding hydrogens is 242 g/mol. The fraction of sp³-hybridized carbons (Fsp3) is 0.643. The number of likely N-dealkylation sites (N-methyl/N-ethyl adjacent to an activating group) is 1. The first-order valence-corrected chi connectivity index (χ1v) is 6.85. The van der Waals surface area contributed by atoms with Gasteiger partial charge in [0.25, 0.3) is 5.91 Å². The highest BCUT2D eigenvalue weighted by Crippen LogP contribution is 2.05. The lowest BCUT2D eigenvalue weighted by Crippen LogP contribution is -2.45. The number of furan rings is 1. The Kier molecular flexibility index (Phi) is 4.99. The van der Waals surface area contributed by atoms with Gasteiger partial charge in [0.15, 0.2) is 0 Å². The molecule has 0 atom stereocenters. The molecule has 0 N–H and O–H groups in total. The molecular formula is C14H23N3O2. The first-order valence-electron chi connectivity index (χ1n) is 6.85. The van der Waals surface area contributed by atoms with Crippen molar-refractivity contribution in [1.29, 1.82) is 0 Å². The van der Waals surface area contributed by atoms with E-state index in [2.05, 4.69) is 16.8 Å². The SMILES string of the molecule is CN1CCN(CCCN(C)C(=O)c2ccoc2)CC1. The van der Waals surface area contributed by atoms with Crippen LogP contribution in [0, 0.1) is 0 Å². The van der Waals surface area contributed by atoms with E-state index in [0.29, 0.717) is 5.56 Å². The Hall–Kier alpha value is -1.33. The van der Waals surface area contributed by atoms with Gasteiger partial charge in [0.1, 0.15) is 6.26 Å². The van der Waals surface area contributed by atoms with Crippen molar-refractivity contribution in [3.63, 3.8) is 0 Å². The van der Waals surface area contributed by atoms with Crippen molar-refractivity contribution in [3.05, 3.63) is 24.2 Å². The lowest BCUT2D eigenvalue weighted by atomic mass is 10.2. The number of nitrogens with zero attached hydrogens (tertiary/aromatic N) is 3. The normalized spacial score (nSPS) is 17.6. The van der Waals surface area contributed by atoms with Crippen LogP contribution in [0.1, 0.15) is 16.8 Å². The molecule has 5 heteroatoms. The molecule has 1 saturated heterocycles. The Morgan fingerprint density at radius 2 is 2.11 bits per heavy atom. The molecule has 0 aliphatic carbocycles. The minimum atomic E-state index is 0.0344. The van der Waals surface area contributed by atoms with Crippen molar-refractivity contribution in [2.75, 3.05) is 53.4 Å². The Morgan fingerprint density at radius 3 is 2.74 bits per heavy atom. The van der Waals surface area contributed by atoms with Gasteiger partial charge in [-0.1, -0.05) is 0 Å². The Labute approximate surface area is 114 Å². The third-order valence-corrected chi connectivity index (χ3v) is 3.68. The molecule has 0 saturated carbocycles. The Morgan fingerprint density at radius 1 is 1.37 bits per heavy atom. The van der Waals surface area contributed by atoms with Gasteiger partial charge in [-0.2, -0.15) is 0 Å². The zero-order valence-electron chi connectivity index (χ0n) is 11.8. The third-order valence-electron chi connectivity index (χ3n) is 3.68. The van der Waals surface area contributed by atoms with E-state index in [-0.39, 0.29) is 5.91 Å². The maximum absolute atomic E-state index is 12.0. The number of rotatable bonds is 5. The van der Waals surface area contributed by atoms with Crippen LogP contribution in [0.25, 0.3) is 0 Å². The van der Waals surface area contributed by atoms with Gasteiger partial charge in [-0.15, -0.1) is 0 Å². The summed E-state index contributed by atoms with van der Waals surface area (Å²) in [7, 11) is 4.01. The molecule has 0 aromatic carbocycles. The molecule has 0 bridgehead atoms. The molecule has 2 heterocycles. The van der Waals surface area contributed by atoms with E-state index in [1.54, 1.807) is 11.0 Å². The second-order valence-electron chi connectivity index (χ2n) is 5.24. The van der Waals surface area contributed by atoms with Crippen LogP contribution in [-0.4, -0.2) is 74.0 Å². The summed E-state index contributed by atoms with van der Waals surface area (Å²) in [6.07, 6.45) is 4.05. The second kappa shape index (κ2) is 6.73. The molecule has 1 amide bonds. The maximum atomic E-state index is 12.0. The van der Waals surface area contributed by atoms with Gasteiger partial charge >= 0.3 is 0 Å². The zero-order chi connectivity index (χ0) is 13.7. The van der Waals surface area contributed by atoms with Crippen LogP contribution in [0.5, 0.6) is 0 Å². The van der Waals surface area contributed by atoms with Crippen LogP contribution >= 0.6 is 0 Å². The third kappa shape index (κ3) is 4.08. The van der Waals surface area contributed by atoms with E-state index in [1.807, 2.05) is 7.05 Å². The molecule has 2 rings (SSSR count). The minimum absolute atomic E-state index is 0.0344. The predicted octanol–water partition coefficient (Wildman–Crippen LogP) is 0.989. The van der Waals surface area contributed by atoms with Gasteiger partial charge in [0.2, 0.25) is 0 Å². The van der Waals surface area contributed by atoms with Gasteiger partial charge in [0.05, 0.1) is 11.8 Å². The van der Waals surface area contributed by atoms with Crippen LogP contribution in [0.2, 0.25) is 0 Å². The largest absolute Gasteiger partial charge is 0.472 e. The molecule has 0 spiro atoms. The van der Waals surface area contributed by atoms with Crippen LogP contribution in [0.4, 0.5) is 0 Å². The fourth-order valence-corrected chi connectivity index (χ4v) is 2.31. The fourth-order valence-electron chi connectivity index (χ4n) is 2.31. The number of piperazine rings is 1. The summed E-state index contributed by atoms with van der Waals surface area (Å²) in [5.74, 6) is 0.0344. The quantitative estimate of drug-likeness (QED) is 0.796. The number of carbonyl (C=O) groups is 1. The predicted molar refractivity (Wildman–Crippen MR) is 74.2 cm³/mol. The smallest absolute Gasteiger partial charge is 0.256 e. The topological polar surface area (TPSA) is 39.9 Å². The number of carbonyl (C=O) groups excluding carboxylic acids is 1. The van der Waals surface area contributed by atoms with E-state index in [4.69, 9.17) is 4.42 Å². The average Bonchev–Trinajstić information content (AvgIpc) is 2.94. The molecule has 1 aromatic rings. The van der Waals surface area contributed by atoms with Gasteiger partial charge < -0.3 is 19.1 Å². The van der Waals surface area contributed by atoms with Crippen LogP contribution < -0.4 is 0 Å². The highest BCUT2D eigenvalue weighted by atomic mass is 16.3. The number of hydrogen-bond donors (Lipinski definition) is 0. The maximum Gasteiger partial charge on any atom is 0.256 e. The lowest BCUT2D eigenvalue weighted by Gasteiger charge is -2.32. The molecule has 1 aliphatic heterocycles. The highest BCUT2D eigenvalue weighted by Gasteiger charge is 2.15. The molecule has 1 fully saturated rings. The molecule has 5 nitrogen and oxygen atoms in total. The molecule has 1 aliphatic rings. The lowest BCUT2D eigenvalue weighted by molar-refractivity contribution is 0.0782. The van der Waals surface area contributed by atoms with Crippen molar-refractivity contribution in [3.8, 4) is 0 Å². The summed E-state index contributed by atoms with van der Waals surface area (Å²) < 4.78 is 4.94. The van der Waals surface area contributed by atoms with E-state index < -0.39 is 0 Å². The summed E-state index contributed by atoms with van der Waals surface area (Å²) in [6, 6.07) is 1.71. The molecule has 0 radical (unpaired) electrons. The molecule has 19 heavy (non-hydrogen) atoms. The van der Waals surface area contributed by atoms with Crippen LogP contribution in [0.3, 0.4) is 0 Å². The average molecular weight is 265 g/mol. The van der Waals surface area contributed by atoms with Gasteiger partial charge in [-0.25, -0.2) is 0 Å². The molecule has 106 valence electrons. The highest BCUT2D eigenvalue weighted by molar-refractivity contribution is 5.93. The van der Waals surface area contributed by atoms with Crippen molar-refractivity contribution >= 4 is 5.91 Å². The van der Waals surface area contributed by atoms with Gasteiger partial charge in [-0.3, -0.25) is 4.79 Å². The summed E-state index contributed by atoms with van der Waals surface area (Å²) in [4.78, 5) is 18.6. The van der Waals surface area contributed by atoms with Crippen molar-refractivity contribution < 1.29 is 9.21 Å². The van der Waals surface area contributed by atoms with E-state index in [0.717, 1.165) is 45.7 Å². The van der Waals surface area contributed by atoms with Gasteiger partial charge in [0, 0.05) is 39.8 Å².